The zero-order chi connectivity index (χ0) is 15.6. The highest BCUT2D eigenvalue weighted by molar-refractivity contribution is 5.95. The van der Waals surface area contributed by atoms with E-state index >= 15 is 0 Å². The number of nitro benzene ring substituents is 1. The van der Waals surface area contributed by atoms with Gasteiger partial charge < -0.3 is 10.4 Å². The van der Waals surface area contributed by atoms with Crippen molar-refractivity contribution in [2.75, 3.05) is 0 Å². The smallest absolute Gasteiger partial charge is 0.311 e. The van der Waals surface area contributed by atoms with Gasteiger partial charge in [-0.15, -0.1) is 0 Å². The van der Waals surface area contributed by atoms with Crippen LogP contribution in [0.15, 0.2) is 24.3 Å². The van der Waals surface area contributed by atoms with Crippen molar-refractivity contribution in [3.05, 3.63) is 39.9 Å². The van der Waals surface area contributed by atoms with E-state index in [4.69, 9.17) is 0 Å². The van der Waals surface area contributed by atoms with Crippen LogP contribution in [-0.2, 0) is 4.79 Å². The van der Waals surface area contributed by atoms with Crippen molar-refractivity contribution in [2.24, 2.45) is 5.41 Å². The predicted molar refractivity (Wildman–Crippen MR) is 73.9 cm³/mol. The van der Waals surface area contributed by atoms with E-state index in [1.54, 1.807) is 6.92 Å². The Hall–Kier alpha value is -2.44. The second-order valence-electron chi connectivity index (χ2n) is 5.44. The lowest BCUT2D eigenvalue weighted by Gasteiger charge is -2.27. The Morgan fingerprint density at radius 2 is 2.00 bits per heavy atom. The molecule has 1 fully saturated rings. The summed E-state index contributed by atoms with van der Waals surface area (Å²) in [4.78, 5) is 33.5. The summed E-state index contributed by atoms with van der Waals surface area (Å²) in [7, 11) is 0. The average Bonchev–Trinajstić information content (AvgIpc) is 2.81. The van der Waals surface area contributed by atoms with E-state index in [0.29, 0.717) is 12.8 Å². The number of carboxylic acid groups (broad SMARTS) is 1. The Kier molecular flexibility index (Phi) is 3.93. The molecule has 1 aromatic carbocycles. The van der Waals surface area contributed by atoms with Crippen LogP contribution in [0.4, 0.5) is 5.69 Å². The Morgan fingerprint density at radius 3 is 2.52 bits per heavy atom. The third-order valence-electron chi connectivity index (χ3n) is 4.09. The number of rotatable bonds is 4. The van der Waals surface area contributed by atoms with E-state index in [0.717, 1.165) is 6.42 Å². The molecule has 1 aliphatic carbocycles. The summed E-state index contributed by atoms with van der Waals surface area (Å²) in [6, 6.07) is 4.79. The molecule has 21 heavy (non-hydrogen) atoms. The van der Waals surface area contributed by atoms with Gasteiger partial charge in [0, 0.05) is 23.7 Å². The summed E-state index contributed by atoms with van der Waals surface area (Å²) in [5.41, 5.74) is -0.779. The summed E-state index contributed by atoms with van der Waals surface area (Å²) in [6.07, 6.45) is 1.88. The van der Waals surface area contributed by atoms with Crippen molar-refractivity contribution in [3.63, 3.8) is 0 Å². The molecule has 1 saturated carbocycles. The first-order chi connectivity index (χ1) is 9.84. The van der Waals surface area contributed by atoms with Crippen LogP contribution in [0.5, 0.6) is 0 Å². The maximum Gasteiger partial charge on any atom is 0.311 e. The molecule has 1 amide bonds. The molecule has 1 aromatic rings. The number of hydrogen-bond acceptors (Lipinski definition) is 4. The summed E-state index contributed by atoms with van der Waals surface area (Å²) in [6.45, 7) is 1.63. The summed E-state index contributed by atoms with van der Waals surface area (Å²) >= 11 is 0. The number of carbonyl (C=O) groups is 2. The number of benzene rings is 1. The van der Waals surface area contributed by atoms with Gasteiger partial charge in [-0.3, -0.25) is 19.7 Å². The molecule has 2 N–H and O–H groups in total. The second-order valence-corrected chi connectivity index (χ2v) is 5.44. The molecular formula is C14H16N2O5. The fourth-order valence-corrected chi connectivity index (χ4v) is 2.63. The van der Waals surface area contributed by atoms with Gasteiger partial charge in [0.2, 0.25) is 0 Å². The van der Waals surface area contributed by atoms with Crippen molar-refractivity contribution in [3.8, 4) is 0 Å². The second kappa shape index (κ2) is 5.51. The Morgan fingerprint density at radius 1 is 1.38 bits per heavy atom. The van der Waals surface area contributed by atoms with Crippen LogP contribution in [0.2, 0.25) is 0 Å². The molecule has 0 aliphatic heterocycles. The van der Waals surface area contributed by atoms with E-state index < -0.39 is 28.3 Å². The summed E-state index contributed by atoms with van der Waals surface area (Å²) in [5, 5.41) is 22.6. The molecule has 0 heterocycles. The molecule has 0 saturated heterocycles. The van der Waals surface area contributed by atoms with Gasteiger partial charge >= 0.3 is 5.97 Å². The van der Waals surface area contributed by atoms with E-state index in [9.17, 15) is 24.8 Å². The highest BCUT2D eigenvalue weighted by atomic mass is 16.6. The fourth-order valence-electron chi connectivity index (χ4n) is 2.63. The van der Waals surface area contributed by atoms with Crippen LogP contribution in [0.25, 0.3) is 0 Å². The molecule has 7 heteroatoms. The van der Waals surface area contributed by atoms with Crippen LogP contribution in [0.3, 0.4) is 0 Å². The van der Waals surface area contributed by atoms with Crippen LogP contribution in [0, 0.1) is 15.5 Å². The number of nitrogens with one attached hydrogen (secondary N) is 1. The van der Waals surface area contributed by atoms with Crippen LogP contribution in [-0.4, -0.2) is 27.9 Å². The van der Waals surface area contributed by atoms with Crippen molar-refractivity contribution in [2.45, 2.75) is 32.2 Å². The average molecular weight is 292 g/mol. The highest BCUT2D eigenvalue weighted by Gasteiger charge is 2.45. The Bertz CT molecular complexity index is 584. The van der Waals surface area contributed by atoms with Gasteiger partial charge in [-0.25, -0.2) is 0 Å². The molecule has 0 spiro atoms. The molecule has 0 radical (unpaired) electrons. The van der Waals surface area contributed by atoms with Gasteiger partial charge in [-0.05, 0) is 31.9 Å². The van der Waals surface area contributed by atoms with Gasteiger partial charge in [0.05, 0.1) is 10.3 Å². The SMILES string of the molecule is CC1(C(=O)O)CCCC1NC(=O)c1ccc([N+](=O)[O-])cc1. The lowest BCUT2D eigenvalue weighted by atomic mass is 9.85. The molecule has 2 rings (SSSR count). The minimum Gasteiger partial charge on any atom is -0.481 e. The Balaban J connectivity index is 2.11. The lowest BCUT2D eigenvalue weighted by molar-refractivity contribution is -0.384. The van der Waals surface area contributed by atoms with Gasteiger partial charge in [0.25, 0.3) is 11.6 Å². The standard InChI is InChI=1S/C14H16N2O5/c1-14(13(18)19)8-2-3-11(14)15-12(17)9-4-6-10(7-5-9)16(20)21/h4-7,11H,2-3,8H2,1H3,(H,15,17)(H,18,19). The maximum atomic E-state index is 12.1. The van der Waals surface area contributed by atoms with Crippen molar-refractivity contribution < 1.29 is 19.6 Å². The van der Waals surface area contributed by atoms with E-state index in [1.807, 2.05) is 0 Å². The highest BCUT2D eigenvalue weighted by Crippen LogP contribution is 2.38. The fraction of sp³-hybridized carbons (Fsp3) is 0.429. The number of nitrogens with zero attached hydrogens (tertiary/aromatic N) is 1. The van der Waals surface area contributed by atoms with Crippen LogP contribution in [0.1, 0.15) is 36.5 Å². The largest absolute Gasteiger partial charge is 0.481 e. The first-order valence-corrected chi connectivity index (χ1v) is 6.63. The number of amides is 1. The zero-order valence-corrected chi connectivity index (χ0v) is 11.5. The third-order valence-corrected chi connectivity index (χ3v) is 4.09. The molecule has 2 unspecified atom stereocenters. The maximum absolute atomic E-state index is 12.1. The van der Waals surface area contributed by atoms with Crippen LogP contribution < -0.4 is 5.32 Å². The first kappa shape index (κ1) is 15.0. The van der Waals surface area contributed by atoms with Gasteiger partial charge in [-0.2, -0.15) is 0 Å². The number of carbonyl (C=O) groups excluding carboxylic acids is 1. The number of nitro groups is 1. The van der Waals surface area contributed by atoms with E-state index in [1.165, 1.54) is 24.3 Å². The third kappa shape index (κ3) is 2.86. The molecule has 7 nitrogen and oxygen atoms in total. The van der Waals surface area contributed by atoms with Gasteiger partial charge in [-0.1, -0.05) is 6.42 Å². The molecular weight excluding hydrogens is 276 g/mol. The number of aliphatic carboxylic acids is 1. The van der Waals surface area contributed by atoms with Crippen molar-refractivity contribution >= 4 is 17.6 Å². The molecule has 2 atom stereocenters. The molecule has 1 aliphatic rings. The van der Waals surface area contributed by atoms with E-state index in [-0.39, 0.29) is 11.3 Å². The minimum absolute atomic E-state index is 0.0946. The zero-order valence-electron chi connectivity index (χ0n) is 11.5. The summed E-state index contributed by atoms with van der Waals surface area (Å²) in [5.74, 6) is -1.33. The number of non-ortho nitro benzene ring substituents is 1. The minimum atomic E-state index is -0.962. The Labute approximate surface area is 121 Å². The number of hydrogen-bond donors (Lipinski definition) is 2. The normalized spacial score (nSPS) is 24.5. The molecule has 0 bridgehead atoms. The monoisotopic (exact) mass is 292 g/mol. The van der Waals surface area contributed by atoms with Gasteiger partial charge in [0.15, 0.2) is 0 Å². The molecule has 112 valence electrons. The van der Waals surface area contributed by atoms with Crippen molar-refractivity contribution in [1.29, 1.82) is 0 Å². The lowest BCUT2D eigenvalue weighted by Crippen LogP contribution is -2.47. The predicted octanol–water partition coefficient (Wildman–Crippen LogP) is 1.97. The van der Waals surface area contributed by atoms with Crippen LogP contribution >= 0.6 is 0 Å². The van der Waals surface area contributed by atoms with Gasteiger partial charge in [0.1, 0.15) is 0 Å². The summed E-state index contributed by atoms with van der Waals surface area (Å²) < 4.78 is 0. The number of carboxylic acids is 1. The van der Waals surface area contributed by atoms with Crippen molar-refractivity contribution in [1.82, 2.24) is 5.32 Å². The first-order valence-electron chi connectivity index (χ1n) is 6.63. The van der Waals surface area contributed by atoms with E-state index in [2.05, 4.69) is 5.32 Å². The quantitative estimate of drug-likeness (QED) is 0.651. The topological polar surface area (TPSA) is 110 Å². The molecule has 0 aromatic heterocycles.